The van der Waals surface area contributed by atoms with E-state index in [1.54, 1.807) is 12.1 Å². The van der Waals surface area contributed by atoms with Gasteiger partial charge in [0.1, 0.15) is 23.3 Å². The molecule has 96 valence electrons. The maximum absolute atomic E-state index is 13.1. The van der Waals surface area contributed by atoms with Crippen LogP contribution < -0.4 is 0 Å². The van der Waals surface area contributed by atoms with E-state index in [1.807, 2.05) is 24.3 Å². The summed E-state index contributed by atoms with van der Waals surface area (Å²) in [5.41, 5.74) is 1.27. The second-order valence-corrected chi connectivity index (χ2v) is 5.11. The third-order valence-corrected chi connectivity index (χ3v) is 3.69. The van der Waals surface area contributed by atoms with Gasteiger partial charge in [-0.25, -0.2) is 4.39 Å². The van der Waals surface area contributed by atoms with E-state index in [0.29, 0.717) is 22.3 Å². The molecule has 0 aliphatic heterocycles. The summed E-state index contributed by atoms with van der Waals surface area (Å²) in [6.45, 7) is 0. The van der Waals surface area contributed by atoms with Crippen LogP contribution in [0.1, 0.15) is 17.4 Å². The minimum atomic E-state index is -0.883. The molecule has 0 fully saturated rings. The molecular weight excluding hydrogens is 311 g/mol. The number of rotatable bonds is 2. The quantitative estimate of drug-likeness (QED) is 0.758. The van der Waals surface area contributed by atoms with Crippen LogP contribution in [0.15, 0.2) is 57.4 Å². The first-order valence-electron chi connectivity index (χ1n) is 5.76. The number of hydrogen-bond acceptors (Lipinski definition) is 2. The fraction of sp³-hybridized carbons (Fsp3) is 0.0667. The molecule has 0 aliphatic carbocycles. The Labute approximate surface area is 117 Å². The van der Waals surface area contributed by atoms with Crippen molar-refractivity contribution in [3.8, 4) is 0 Å². The lowest BCUT2D eigenvalue weighted by Crippen LogP contribution is -1.98. The molecule has 1 N–H and O–H groups in total. The summed E-state index contributed by atoms with van der Waals surface area (Å²) in [7, 11) is 0. The highest BCUT2D eigenvalue weighted by atomic mass is 79.9. The number of hydrogen-bond donors (Lipinski definition) is 1. The van der Waals surface area contributed by atoms with E-state index in [2.05, 4.69) is 15.9 Å². The van der Waals surface area contributed by atoms with Crippen LogP contribution in [0.2, 0.25) is 0 Å². The standard InChI is InChI=1S/C15H10BrFO2/c16-12-4-2-1-3-11(12)15(18)14-8-9-7-10(17)5-6-13(9)19-14/h1-8,15,18H. The molecule has 0 radical (unpaired) electrons. The molecule has 0 aliphatic rings. The van der Waals surface area contributed by atoms with Crippen molar-refractivity contribution < 1.29 is 13.9 Å². The van der Waals surface area contributed by atoms with Crippen molar-refractivity contribution >= 4 is 26.9 Å². The van der Waals surface area contributed by atoms with Crippen molar-refractivity contribution in [1.29, 1.82) is 0 Å². The smallest absolute Gasteiger partial charge is 0.138 e. The highest BCUT2D eigenvalue weighted by molar-refractivity contribution is 9.10. The Balaban J connectivity index is 2.07. The van der Waals surface area contributed by atoms with Gasteiger partial charge < -0.3 is 9.52 Å². The highest BCUT2D eigenvalue weighted by Gasteiger charge is 2.17. The Kier molecular flexibility index (Phi) is 3.12. The van der Waals surface area contributed by atoms with Gasteiger partial charge in [-0.2, -0.15) is 0 Å². The first-order valence-corrected chi connectivity index (χ1v) is 6.56. The molecule has 0 amide bonds. The summed E-state index contributed by atoms with van der Waals surface area (Å²) >= 11 is 3.39. The third kappa shape index (κ3) is 2.29. The molecule has 19 heavy (non-hydrogen) atoms. The zero-order valence-corrected chi connectivity index (χ0v) is 11.4. The third-order valence-electron chi connectivity index (χ3n) is 2.97. The second-order valence-electron chi connectivity index (χ2n) is 4.25. The SMILES string of the molecule is OC(c1cc2cc(F)ccc2o1)c1ccccc1Br. The normalized spacial score (nSPS) is 12.8. The number of aliphatic hydroxyl groups excluding tert-OH is 1. The molecule has 1 aromatic heterocycles. The van der Waals surface area contributed by atoms with Gasteiger partial charge in [0.15, 0.2) is 0 Å². The highest BCUT2D eigenvalue weighted by Crippen LogP contribution is 2.32. The summed E-state index contributed by atoms with van der Waals surface area (Å²) in [5.74, 6) is 0.0720. The summed E-state index contributed by atoms with van der Waals surface area (Å²) in [5, 5.41) is 11.0. The lowest BCUT2D eigenvalue weighted by atomic mass is 10.1. The molecule has 2 aromatic carbocycles. The van der Waals surface area contributed by atoms with Crippen molar-refractivity contribution in [1.82, 2.24) is 0 Å². The lowest BCUT2D eigenvalue weighted by Gasteiger charge is -2.09. The van der Waals surface area contributed by atoms with Crippen molar-refractivity contribution in [2.75, 3.05) is 0 Å². The molecule has 1 atom stereocenters. The maximum atomic E-state index is 13.1. The van der Waals surface area contributed by atoms with Gasteiger partial charge in [0, 0.05) is 15.4 Å². The van der Waals surface area contributed by atoms with E-state index in [0.717, 1.165) is 4.47 Å². The Morgan fingerprint density at radius 1 is 1.11 bits per heavy atom. The Morgan fingerprint density at radius 3 is 2.68 bits per heavy atom. The fourth-order valence-corrected chi connectivity index (χ4v) is 2.52. The van der Waals surface area contributed by atoms with Gasteiger partial charge in [-0.1, -0.05) is 34.1 Å². The van der Waals surface area contributed by atoms with Gasteiger partial charge in [0.25, 0.3) is 0 Å². The van der Waals surface area contributed by atoms with Gasteiger partial charge in [-0.15, -0.1) is 0 Å². The Morgan fingerprint density at radius 2 is 1.89 bits per heavy atom. The number of aliphatic hydroxyl groups is 1. The Bertz CT molecular complexity index is 736. The molecule has 1 heterocycles. The van der Waals surface area contributed by atoms with Gasteiger partial charge in [0.05, 0.1) is 0 Å². The van der Waals surface area contributed by atoms with Crippen LogP contribution in [0, 0.1) is 5.82 Å². The minimum absolute atomic E-state index is 0.324. The number of furan rings is 1. The lowest BCUT2D eigenvalue weighted by molar-refractivity contribution is 0.191. The molecule has 4 heteroatoms. The second kappa shape index (κ2) is 4.79. The Hall–Kier alpha value is -1.65. The van der Waals surface area contributed by atoms with Crippen LogP contribution in [0.5, 0.6) is 0 Å². The first kappa shape index (κ1) is 12.4. The van der Waals surface area contributed by atoms with Crippen molar-refractivity contribution in [3.63, 3.8) is 0 Å². The van der Waals surface area contributed by atoms with E-state index in [-0.39, 0.29) is 5.82 Å². The summed E-state index contributed by atoms with van der Waals surface area (Å²) < 4.78 is 19.5. The predicted octanol–water partition coefficient (Wildman–Crippen LogP) is 4.42. The molecule has 3 rings (SSSR count). The van der Waals surface area contributed by atoms with Crippen LogP contribution in [0.25, 0.3) is 11.0 Å². The molecule has 0 spiro atoms. The van der Waals surface area contributed by atoms with E-state index in [4.69, 9.17) is 4.42 Å². The number of benzene rings is 2. The zero-order chi connectivity index (χ0) is 13.4. The zero-order valence-electron chi connectivity index (χ0n) is 9.81. The van der Waals surface area contributed by atoms with E-state index < -0.39 is 6.10 Å². The average Bonchev–Trinajstić information content (AvgIpc) is 2.81. The van der Waals surface area contributed by atoms with Gasteiger partial charge in [0.2, 0.25) is 0 Å². The van der Waals surface area contributed by atoms with E-state index in [9.17, 15) is 9.50 Å². The van der Waals surface area contributed by atoms with Crippen LogP contribution >= 0.6 is 15.9 Å². The maximum Gasteiger partial charge on any atom is 0.138 e. The largest absolute Gasteiger partial charge is 0.458 e. The van der Waals surface area contributed by atoms with Crippen molar-refractivity contribution in [2.45, 2.75) is 6.10 Å². The van der Waals surface area contributed by atoms with Crippen LogP contribution in [0.4, 0.5) is 4.39 Å². The van der Waals surface area contributed by atoms with E-state index in [1.165, 1.54) is 12.1 Å². The average molecular weight is 321 g/mol. The van der Waals surface area contributed by atoms with Crippen molar-refractivity contribution in [3.05, 3.63) is 70.1 Å². The fourth-order valence-electron chi connectivity index (χ4n) is 2.02. The monoisotopic (exact) mass is 320 g/mol. The summed E-state index contributed by atoms with van der Waals surface area (Å²) in [6, 6.07) is 13.3. The molecular formula is C15H10BrFO2. The number of fused-ring (bicyclic) bond motifs is 1. The minimum Gasteiger partial charge on any atom is -0.458 e. The number of halogens is 2. The molecule has 3 aromatic rings. The first-order chi connectivity index (χ1) is 9.15. The van der Waals surface area contributed by atoms with Crippen LogP contribution in [0.3, 0.4) is 0 Å². The van der Waals surface area contributed by atoms with Crippen LogP contribution in [-0.4, -0.2) is 5.11 Å². The molecule has 2 nitrogen and oxygen atoms in total. The predicted molar refractivity (Wildman–Crippen MR) is 74.4 cm³/mol. The van der Waals surface area contributed by atoms with Crippen LogP contribution in [-0.2, 0) is 0 Å². The molecule has 1 unspecified atom stereocenters. The van der Waals surface area contributed by atoms with Gasteiger partial charge in [-0.05, 0) is 30.3 Å². The van der Waals surface area contributed by atoms with Gasteiger partial charge >= 0.3 is 0 Å². The molecule has 0 saturated heterocycles. The topological polar surface area (TPSA) is 33.4 Å². The molecule has 0 saturated carbocycles. The summed E-state index contributed by atoms with van der Waals surface area (Å²) in [4.78, 5) is 0. The van der Waals surface area contributed by atoms with E-state index >= 15 is 0 Å². The van der Waals surface area contributed by atoms with Gasteiger partial charge in [-0.3, -0.25) is 0 Å². The van der Waals surface area contributed by atoms with Crippen molar-refractivity contribution in [2.24, 2.45) is 0 Å². The summed E-state index contributed by atoms with van der Waals surface area (Å²) in [6.07, 6.45) is -0.883. The molecule has 0 bridgehead atoms.